The van der Waals surface area contributed by atoms with Gasteiger partial charge in [0.1, 0.15) is 5.65 Å². The molecule has 1 saturated heterocycles. The number of halogens is 2. The first-order valence-electron chi connectivity index (χ1n) is 9.53. The summed E-state index contributed by atoms with van der Waals surface area (Å²) < 4.78 is 29.6. The second-order valence-electron chi connectivity index (χ2n) is 8.15. The van der Waals surface area contributed by atoms with Crippen molar-refractivity contribution >= 4 is 16.9 Å². The molecule has 1 saturated carbocycles. The summed E-state index contributed by atoms with van der Waals surface area (Å²) in [5.41, 5.74) is 0.749. The number of nitrogens with one attached hydrogen (secondary N) is 1. The molecule has 3 aromatic heterocycles. The van der Waals surface area contributed by atoms with Gasteiger partial charge in [0.2, 0.25) is 11.9 Å². The maximum absolute atomic E-state index is 13.2. The lowest BCUT2D eigenvalue weighted by atomic mass is 9.61. The Morgan fingerprint density at radius 3 is 2.69 bits per heavy atom. The molecule has 10 heteroatoms. The number of hydrogen-bond acceptors (Lipinski definition) is 4. The molecule has 2 fully saturated rings. The van der Waals surface area contributed by atoms with Gasteiger partial charge in [0.25, 0.3) is 11.5 Å². The number of nitrogens with zero attached hydrogens (tertiary/aromatic N) is 5. The molecule has 8 nitrogen and oxygen atoms in total. The Bertz CT molecular complexity index is 1190. The van der Waals surface area contributed by atoms with E-state index in [1.165, 1.54) is 10.9 Å². The fourth-order valence-corrected chi connectivity index (χ4v) is 4.60. The van der Waals surface area contributed by atoms with Crippen LogP contribution in [0.3, 0.4) is 0 Å². The van der Waals surface area contributed by atoms with Gasteiger partial charge in [-0.25, -0.2) is 13.5 Å². The van der Waals surface area contributed by atoms with Crippen LogP contribution in [0.15, 0.2) is 23.3 Å². The predicted molar refractivity (Wildman–Crippen MR) is 100 cm³/mol. The molecule has 0 atom stereocenters. The van der Waals surface area contributed by atoms with E-state index in [0.717, 1.165) is 0 Å². The molecule has 5 rings (SSSR count). The summed E-state index contributed by atoms with van der Waals surface area (Å²) in [6, 6.07) is 1.71. The zero-order valence-electron chi connectivity index (χ0n) is 16.1. The molecule has 4 heterocycles. The number of rotatable bonds is 3. The maximum Gasteiger partial charge on any atom is 0.261 e. The molecule has 1 N–H and O–H groups in total. The highest BCUT2D eigenvalue weighted by atomic mass is 19.3. The van der Waals surface area contributed by atoms with E-state index < -0.39 is 11.3 Å². The number of amides is 1. The van der Waals surface area contributed by atoms with Gasteiger partial charge < -0.3 is 9.47 Å². The minimum Gasteiger partial charge on any atom is -0.337 e. The van der Waals surface area contributed by atoms with Gasteiger partial charge in [0, 0.05) is 44.1 Å². The van der Waals surface area contributed by atoms with Crippen LogP contribution in [0.1, 0.15) is 35.8 Å². The zero-order chi connectivity index (χ0) is 20.6. The van der Waals surface area contributed by atoms with E-state index in [0.29, 0.717) is 41.9 Å². The predicted octanol–water partition coefficient (Wildman–Crippen LogP) is 2.11. The highest BCUT2D eigenvalue weighted by Crippen LogP contribution is 2.56. The number of alkyl halides is 2. The number of aromatic amines is 1. The Labute approximate surface area is 164 Å². The fraction of sp³-hybridized carbons (Fsp3) is 0.474. The van der Waals surface area contributed by atoms with E-state index in [-0.39, 0.29) is 30.3 Å². The van der Waals surface area contributed by atoms with Crippen molar-refractivity contribution in [2.24, 2.45) is 5.41 Å². The summed E-state index contributed by atoms with van der Waals surface area (Å²) in [4.78, 5) is 34.0. The first-order chi connectivity index (χ1) is 13.7. The number of fused-ring (bicyclic) bond motifs is 1. The summed E-state index contributed by atoms with van der Waals surface area (Å²) in [6.07, 6.45) is 2.93. The van der Waals surface area contributed by atoms with Gasteiger partial charge in [-0.3, -0.25) is 14.6 Å². The van der Waals surface area contributed by atoms with Crippen LogP contribution in [-0.4, -0.2) is 54.1 Å². The number of carbonyl (C=O) groups is 1. The Balaban J connectivity index is 1.42. The van der Waals surface area contributed by atoms with E-state index in [2.05, 4.69) is 15.1 Å². The third-order valence-electron chi connectivity index (χ3n) is 6.00. The standard InChI is InChI=1S/C19H20F2N6O2/c1-3-25-5-4-12-14(25)23-17(24-15(12)28)27-11(2)13(6-22-27)16(29)26-9-18(10-26)7-19(20,21)8-18/h4-6H,3,7-10H2,1-2H3,(H,23,24,28). The van der Waals surface area contributed by atoms with Crippen LogP contribution in [0.2, 0.25) is 0 Å². The first-order valence-corrected chi connectivity index (χ1v) is 9.53. The van der Waals surface area contributed by atoms with Gasteiger partial charge in [-0.2, -0.15) is 10.1 Å². The Morgan fingerprint density at radius 2 is 2.03 bits per heavy atom. The van der Waals surface area contributed by atoms with Crippen molar-refractivity contribution in [1.29, 1.82) is 0 Å². The third kappa shape index (κ3) is 2.61. The molecule has 0 unspecified atom stereocenters. The average molecular weight is 402 g/mol. The summed E-state index contributed by atoms with van der Waals surface area (Å²) in [6.45, 7) is 5.03. The maximum atomic E-state index is 13.2. The zero-order valence-corrected chi connectivity index (χ0v) is 16.1. The van der Waals surface area contributed by atoms with Crippen LogP contribution >= 0.6 is 0 Å². The molecular formula is C19H20F2N6O2. The molecule has 3 aromatic rings. The summed E-state index contributed by atoms with van der Waals surface area (Å²) in [5, 5.41) is 4.72. The van der Waals surface area contributed by atoms with Crippen molar-refractivity contribution in [3.63, 3.8) is 0 Å². The van der Waals surface area contributed by atoms with Crippen LogP contribution < -0.4 is 5.56 Å². The molecule has 0 aromatic carbocycles. The molecule has 0 bridgehead atoms. The topological polar surface area (TPSA) is 88.8 Å². The molecule has 152 valence electrons. The van der Waals surface area contributed by atoms with E-state index in [9.17, 15) is 18.4 Å². The highest BCUT2D eigenvalue weighted by molar-refractivity contribution is 5.95. The van der Waals surface area contributed by atoms with Crippen molar-refractivity contribution in [1.82, 2.24) is 29.2 Å². The molecule has 1 aliphatic heterocycles. The average Bonchev–Trinajstić information content (AvgIpc) is 3.20. The van der Waals surface area contributed by atoms with Crippen molar-refractivity contribution in [3.05, 3.63) is 40.1 Å². The smallest absolute Gasteiger partial charge is 0.261 e. The minimum atomic E-state index is -2.59. The molecule has 1 aliphatic carbocycles. The number of carbonyl (C=O) groups excluding carboxylic acids is 1. The van der Waals surface area contributed by atoms with Gasteiger partial charge in [-0.15, -0.1) is 0 Å². The SMILES string of the molecule is CCn1ccc2c(=O)[nH]c(-n3ncc(C(=O)N4CC5(C4)CC(F)(F)C5)c3C)nc21. The molecular weight excluding hydrogens is 382 g/mol. The monoisotopic (exact) mass is 402 g/mol. The Morgan fingerprint density at radius 1 is 1.31 bits per heavy atom. The molecule has 2 aliphatic rings. The number of likely N-dealkylation sites (tertiary alicyclic amines) is 1. The summed E-state index contributed by atoms with van der Waals surface area (Å²) >= 11 is 0. The number of H-pyrrole nitrogens is 1. The molecule has 29 heavy (non-hydrogen) atoms. The summed E-state index contributed by atoms with van der Waals surface area (Å²) in [7, 11) is 0. The van der Waals surface area contributed by atoms with Crippen molar-refractivity contribution in [2.75, 3.05) is 13.1 Å². The number of aryl methyl sites for hydroxylation is 1. The van der Waals surface area contributed by atoms with Gasteiger partial charge in [-0.05, 0) is 19.9 Å². The van der Waals surface area contributed by atoms with E-state index in [1.54, 1.807) is 24.1 Å². The van der Waals surface area contributed by atoms with Crippen molar-refractivity contribution in [2.45, 2.75) is 39.2 Å². The van der Waals surface area contributed by atoms with E-state index in [4.69, 9.17) is 0 Å². The van der Waals surface area contributed by atoms with E-state index in [1.807, 2.05) is 11.5 Å². The van der Waals surface area contributed by atoms with Crippen molar-refractivity contribution in [3.8, 4) is 5.95 Å². The van der Waals surface area contributed by atoms with E-state index >= 15 is 0 Å². The fourth-order valence-electron chi connectivity index (χ4n) is 4.60. The van der Waals surface area contributed by atoms with Crippen LogP contribution in [0.25, 0.3) is 17.0 Å². The van der Waals surface area contributed by atoms with Crippen LogP contribution in [-0.2, 0) is 6.54 Å². The van der Waals surface area contributed by atoms with Crippen molar-refractivity contribution < 1.29 is 13.6 Å². The molecule has 1 amide bonds. The first kappa shape index (κ1) is 18.0. The third-order valence-corrected chi connectivity index (χ3v) is 6.00. The second-order valence-corrected chi connectivity index (χ2v) is 8.15. The lowest BCUT2D eigenvalue weighted by molar-refractivity contribution is -0.203. The summed E-state index contributed by atoms with van der Waals surface area (Å²) in [5.74, 6) is -2.61. The van der Waals surface area contributed by atoms with Crippen LogP contribution in [0, 0.1) is 12.3 Å². The lowest BCUT2D eigenvalue weighted by Gasteiger charge is -2.58. The van der Waals surface area contributed by atoms with Crippen LogP contribution in [0.5, 0.6) is 0 Å². The normalized spacial score (nSPS) is 19.4. The van der Waals surface area contributed by atoms with Gasteiger partial charge in [0.15, 0.2) is 0 Å². The largest absolute Gasteiger partial charge is 0.337 e. The Hall–Kier alpha value is -3.04. The minimum absolute atomic E-state index is 0.149. The van der Waals surface area contributed by atoms with Gasteiger partial charge in [0.05, 0.1) is 22.8 Å². The van der Waals surface area contributed by atoms with Gasteiger partial charge in [-0.1, -0.05) is 0 Å². The molecule has 1 spiro atoms. The number of hydrogen-bond donors (Lipinski definition) is 1. The molecule has 0 radical (unpaired) electrons. The van der Waals surface area contributed by atoms with Gasteiger partial charge >= 0.3 is 0 Å². The van der Waals surface area contributed by atoms with Crippen LogP contribution in [0.4, 0.5) is 8.78 Å². The lowest BCUT2D eigenvalue weighted by Crippen LogP contribution is -2.66. The highest BCUT2D eigenvalue weighted by Gasteiger charge is 2.62. The number of aromatic nitrogens is 5. The second kappa shape index (κ2) is 5.74. The quantitative estimate of drug-likeness (QED) is 0.727. The Kier molecular flexibility index (Phi) is 3.57.